The minimum Gasteiger partial charge on any atom is -0.465 e. The first-order valence-corrected chi connectivity index (χ1v) is 9.52. The quantitative estimate of drug-likeness (QED) is 0.927. The number of aryl methyl sites for hydroxylation is 1. The summed E-state index contributed by atoms with van der Waals surface area (Å²) < 4.78 is 5.81. The fourth-order valence-electron chi connectivity index (χ4n) is 5.47. The first kappa shape index (κ1) is 15.6. The van der Waals surface area contributed by atoms with E-state index < -0.39 is 0 Å². The van der Waals surface area contributed by atoms with E-state index in [1.54, 1.807) is 0 Å². The second-order valence-electron chi connectivity index (χ2n) is 8.12. The summed E-state index contributed by atoms with van der Waals surface area (Å²) >= 11 is 0. The van der Waals surface area contributed by atoms with E-state index in [1.165, 1.54) is 44.8 Å². The van der Waals surface area contributed by atoms with Crippen LogP contribution in [0.2, 0.25) is 0 Å². The Balaban J connectivity index is 1.49. The topological polar surface area (TPSA) is 31.6 Å². The van der Waals surface area contributed by atoms with Gasteiger partial charge in [-0.2, -0.15) is 0 Å². The van der Waals surface area contributed by atoms with Gasteiger partial charge in [-0.05, 0) is 24.6 Å². The van der Waals surface area contributed by atoms with Gasteiger partial charge in [-0.15, -0.1) is 0 Å². The molecule has 3 atom stereocenters. The van der Waals surface area contributed by atoms with Gasteiger partial charge in [-0.1, -0.05) is 30.3 Å². The van der Waals surface area contributed by atoms with E-state index in [2.05, 4.69) is 57.6 Å². The maximum atomic E-state index is 5.81. The predicted molar refractivity (Wildman–Crippen MR) is 98.6 cm³/mol. The molecule has 0 radical (unpaired) electrons. The molecule has 0 saturated carbocycles. The van der Waals surface area contributed by atoms with Gasteiger partial charge in [0, 0.05) is 56.6 Å². The van der Waals surface area contributed by atoms with Crippen LogP contribution >= 0.6 is 0 Å². The average molecular weight is 337 g/mol. The number of piperidine rings is 2. The number of benzene rings is 1. The normalized spacial score (nSPS) is 36.5. The van der Waals surface area contributed by atoms with Crippen molar-refractivity contribution in [2.75, 3.05) is 39.3 Å². The molecule has 4 aliphatic rings. The summed E-state index contributed by atoms with van der Waals surface area (Å²) in [5.41, 5.74) is 1.67. The lowest BCUT2D eigenvalue weighted by atomic mass is 9.64. The number of hydrogen-bond donors (Lipinski definition) is 1. The minimum absolute atomic E-state index is 0.181. The summed E-state index contributed by atoms with van der Waals surface area (Å²) in [7, 11) is 0. The molecule has 1 aromatic heterocycles. The van der Waals surface area contributed by atoms with Gasteiger partial charge in [0.1, 0.15) is 11.5 Å². The van der Waals surface area contributed by atoms with Crippen molar-refractivity contribution in [2.24, 2.45) is 5.92 Å². The lowest BCUT2D eigenvalue weighted by molar-refractivity contribution is 0.0167. The molecule has 132 valence electrons. The van der Waals surface area contributed by atoms with E-state index in [-0.39, 0.29) is 5.41 Å². The third-order valence-electron chi connectivity index (χ3n) is 6.44. The van der Waals surface area contributed by atoms with Crippen LogP contribution in [0.5, 0.6) is 0 Å². The second kappa shape index (κ2) is 5.97. The van der Waals surface area contributed by atoms with Gasteiger partial charge in [0.2, 0.25) is 0 Å². The highest BCUT2D eigenvalue weighted by Crippen LogP contribution is 2.43. The lowest BCUT2D eigenvalue weighted by Crippen LogP contribution is -2.69. The van der Waals surface area contributed by atoms with Crippen molar-refractivity contribution >= 4 is 0 Å². The molecule has 4 saturated heterocycles. The Morgan fingerprint density at radius 2 is 1.76 bits per heavy atom. The number of hydrogen-bond acceptors (Lipinski definition) is 4. The molecule has 25 heavy (non-hydrogen) atoms. The number of rotatable bonds is 4. The van der Waals surface area contributed by atoms with Gasteiger partial charge in [0.25, 0.3) is 0 Å². The molecule has 4 nitrogen and oxygen atoms in total. The van der Waals surface area contributed by atoms with Crippen LogP contribution in [-0.4, -0.2) is 55.1 Å². The van der Waals surface area contributed by atoms with Gasteiger partial charge in [-0.3, -0.25) is 0 Å². The first-order valence-electron chi connectivity index (χ1n) is 9.52. The van der Waals surface area contributed by atoms with Gasteiger partial charge >= 0.3 is 0 Å². The standard InChI is InChI=1S/C21H27N3O/c1-16-7-8-19(25-16)11-22-20-17-12-23-9-10-24(13-17)15-21(20,14-23)18-5-3-2-4-6-18/h2-8,17,20,22H,9-15H2,1H3. The first-order chi connectivity index (χ1) is 12.2. The predicted octanol–water partition coefficient (Wildman–Crippen LogP) is 2.25. The van der Waals surface area contributed by atoms with Crippen LogP contribution in [0.25, 0.3) is 0 Å². The van der Waals surface area contributed by atoms with E-state index in [4.69, 9.17) is 4.42 Å². The fourth-order valence-corrected chi connectivity index (χ4v) is 5.47. The van der Waals surface area contributed by atoms with Crippen molar-refractivity contribution in [3.8, 4) is 0 Å². The van der Waals surface area contributed by atoms with Crippen molar-refractivity contribution in [2.45, 2.75) is 24.9 Å². The van der Waals surface area contributed by atoms with Gasteiger partial charge in [0.15, 0.2) is 0 Å². The van der Waals surface area contributed by atoms with E-state index in [1.807, 2.05) is 6.92 Å². The molecular formula is C21H27N3O. The van der Waals surface area contributed by atoms with E-state index in [0.29, 0.717) is 12.0 Å². The highest BCUT2D eigenvalue weighted by Gasteiger charge is 2.54. The van der Waals surface area contributed by atoms with Crippen molar-refractivity contribution < 1.29 is 4.42 Å². The van der Waals surface area contributed by atoms with Crippen molar-refractivity contribution in [3.63, 3.8) is 0 Å². The summed E-state index contributed by atoms with van der Waals surface area (Å²) in [4.78, 5) is 5.39. The molecule has 0 spiro atoms. The van der Waals surface area contributed by atoms with Crippen molar-refractivity contribution in [1.29, 1.82) is 0 Å². The molecule has 1 aromatic carbocycles. The van der Waals surface area contributed by atoms with E-state index >= 15 is 0 Å². The molecule has 0 aliphatic carbocycles. The van der Waals surface area contributed by atoms with Crippen LogP contribution in [0.1, 0.15) is 17.1 Å². The molecule has 4 bridgehead atoms. The molecule has 0 amide bonds. The molecule has 4 aliphatic heterocycles. The Morgan fingerprint density at radius 1 is 1.04 bits per heavy atom. The molecule has 5 heterocycles. The van der Waals surface area contributed by atoms with Crippen molar-refractivity contribution in [1.82, 2.24) is 15.1 Å². The Kier molecular flexibility index (Phi) is 3.73. The maximum Gasteiger partial charge on any atom is 0.117 e. The smallest absolute Gasteiger partial charge is 0.117 e. The third kappa shape index (κ3) is 2.64. The summed E-state index contributed by atoms with van der Waals surface area (Å²) in [6.07, 6.45) is 0. The second-order valence-corrected chi connectivity index (χ2v) is 8.12. The summed E-state index contributed by atoms with van der Waals surface area (Å²) in [6.45, 7) is 10.0. The van der Waals surface area contributed by atoms with Gasteiger partial charge < -0.3 is 19.5 Å². The summed E-state index contributed by atoms with van der Waals surface area (Å²) in [6, 6.07) is 15.9. The summed E-state index contributed by atoms with van der Waals surface area (Å²) in [5, 5.41) is 3.91. The Bertz CT molecular complexity index is 725. The Hall–Kier alpha value is -1.62. The van der Waals surface area contributed by atoms with Crippen LogP contribution in [-0.2, 0) is 12.0 Å². The molecular weight excluding hydrogens is 310 g/mol. The molecule has 2 aromatic rings. The van der Waals surface area contributed by atoms with E-state index in [0.717, 1.165) is 18.1 Å². The van der Waals surface area contributed by atoms with Crippen LogP contribution < -0.4 is 5.32 Å². The molecule has 4 fully saturated rings. The largest absolute Gasteiger partial charge is 0.465 e. The third-order valence-corrected chi connectivity index (χ3v) is 6.44. The summed E-state index contributed by atoms with van der Waals surface area (Å²) in [5.74, 6) is 2.72. The number of furan rings is 1. The molecule has 4 heteroatoms. The monoisotopic (exact) mass is 337 g/mol. The number of fused-ring (bicyclic) bond motifs is 1. The van der Waals surface area contributed by atoms with Crippen LogP contribution in [0.3, 0.4) is 0 Å². The van der Waals surface area contributed by atoms with Crippen LogP contribution in [0.4, 0.5) is 0 Å². The molecule has 1 N–H and O–H groups in total. The van der Waals surface area contributed by atoms with Gasteiger partial charge in [0.05, 0.1) is 6.54 Å². The molecule has 6 rings (SSSR count). The lowest BCUT2D eigenvalue weighted by Gasteiger charge is -2.56. The van der Waals surface area contributed by atoms with Gasteiger partial charge in [-0.25, -0.2) is 0 Å². The fraction of sp³-hybridized carbons (Fsp3) is 0.524. The van der Waals surface area contributed by atoms with Crippen LogP contribution in [0, 0.1) is 12.8 Å². The zero-order valence-electron chi connectivity index (χ0n) is 14.9. The number of nitrogens with one attached hydrogen (secondary N) is 1. The Labute approximate surface area is 149 Å². The Morgan fingerprint density at radius 3 is 2.40 bits per heavy atom. The van der Waals surface area contributed by atoms with Crippen molar-refractivity contribution in [3.05, 3.63) is 59.5 Å². The average Bonchev–Trinajstić information content (AvgIpc) is 2.88. The zero-order chi connectivity index (χ0) is 16.9. The zero-order valence-corrected chi connectivity index (χ0v) is 14.9. The number of nitrogens with zero attached hydrogens (tertiary/aromatic N) is 2. The maximum absolute atomic E-state index is 5.81. The van der Waals surface area contributed by atoms with Crippen LogP contribution in [0.15, 0.2) is 46.9 Å². The SMILES string of the molecule is Cc1ccc(CNC2C3CN4CCN(C3)CC2(c2ccccc2)C4)o1. The minimum atomic E-state index is 0.181. The van der Waals surface area contributed by atoms with E-state index in [9.17, 15) is 0 Å². The molecule has 3 unspecified atom stereocenters. The highest BCUT2D eigenvalue weighted by atomic mass is 16.3. The highest BCUT2D eigenvalue weighted by molar-refractivity contribution is 5.33.